The number of para-hydroxylation sites is 1. The Morgan fingerprint density at radius 3 is 2.54 bits per heavy atom. The van der Waals surface area contributed by atoms with E-state index in [1.807, 2.05) is 37.3 Å². The number of ether oxygens (including phenoxy) is 1. The van der Waals surface area contributed by atoms with Crippen molar-refractivity contribution in [1.82, 2.24) is 5.32 Å². The molecule has 3 rings (SSSR count). The second-order valence-electron chi connectivity index (χ2n) is 5.67. The number of nitrogens with one attached hydrogen (secondary N) is 1. The zero-order chi connectivity index (χ0) is 16.9. The highest BCUT2D eigenvalue weighted by Crippen LogP contribution is 2.21. The number of amides is 2. The van der Waals surface area contributed by atoms with Crippen LogP contribution in [0.25, 0.3) is 0 Å². The first-order valence-corrected chi connectivity index (χ1v) is 8.06. The van der Waals surface area contributed by atoms with Gasteiger partial charge in [-0.2, -0.15) is 0 Å². The van der Waals surface area contributed by atoms with Gasteiger partial charge in [-0.25, -0.2) is 0 Å². The fourth-order valence-electron chi connectivity index (χ4n) is 2.80. The van der Waals surface area contributed by atoms with E-state index in [0.717, 1.165) is 11.4 Å². The first kappa shape index (κ1) is 16.1. The zero-order valence-electron chi connectivity index (χ0n) is 13.6. The first-order valence-electron chi connectivity index (χ1n) is 8.06. The minimum absolute atomic E-state index is 0.0261. The summed E-state index contributed by atoms with van der Waals surface area (Å²) in [6.07, 6.45) is 0.317. The van der Waals surface area contributed by atoms with Crippen molar-refractivity contribution in [2.24, 2.45) is 0 Å². The van der Waals surface area contributed by atoms with Gasteiger partial charge in [0.15, 0.2) is 0 Å². The maximum Gasteiger partial charge on any atom is 0.251 e. The molecule has 24 heavy (non-hydrogen) atoms. The van der Waals surface area contributed by atoms with Gasteiger partial charge >= 0.3 is 0 Å². The average molecular weight is 324 g/mol. The highest BCUT2D eigenvalue weighted by atomic mass is 16.5. The number of nitrogens with zero attached hydrogens (tertiary/aromatic N) is 1. The summed E-state index contributed by atoms with van der Waals surface area (Å²) in [7, 11) is 0. The fraction of sp³-hybridized carbons (Fsp3) is 0.263. The molecule has 2 aromatic carbocycles. The lowest BCUT2D eigenvalue weighted by atomic mass is 10.2. The summed E-state index contributed by atoms with van der Waals surface area (Å²) in [5.74, 6) is 0.587. The van der Waals surface area contributed by atoms with Gasteiger partial charge in [0.05, 0.1) is 12.6 Å². The Balaban J connectivity index is 1.62. The molecule has 1 N–H and O–H groups in total. The molecule has 0 spiro atoms. The van der Waals surface area contributed by atoms with E-state index in [9.17, 15) is 9.59 Å². The predicted molar refractivity (Wildman–Crippen MR) is 92.3 cm³/mol. The van der Waals surface area contributed by atoms with E-state index in [-0.39, 0.29) is 17.9 Å². The molecule has 1 fully saturated rings. The largest absolute Gasteiger partial charge is 0.494 e. The fourth-order valence-corrected chi connectivity index (χ4v) is 2.80. The van der Waals surface area contributed by atoms with Gasteiger partial charge in [0, 0.05) is 24.2 Å². The molecule has 124 valence electrons. The molecule has 0 saturated carbocycles. The standard InChI is InChI=1S/C19H20N2O3/c1-2-24-17-10-8-14(9-11-17)19(23)20-15-12-18(22)21(13-15)16-6-4-3-5-7-16/h3-11,15H,2,12-13H2,1H3,(H,20,23)/t15-/m0/s1. The number of benzene rings is 2. The van der Waals surface area contributed by atoms with Crippen LogP contribution >= 0.6 is 0 Å². The van der Waals surface area contributed by atoms with Crippen molar-refractivity contribution >= 4 is 17.5 Å². The van der Waals surface area contributed by atoms with Crippen LogP contribution in [-0.2, 0) is 4.79 Å². The molecule has 0 aromatic heterocycles. The van der Waals surface area contributed by atoms with Gasteiger partial charge in [0.25, 0.3) is 5.91 Å². The van der Waals surface area contributed by atoms with E-state index in [1.54, 1.807) is 29.2 Å². The SMILES string of the molecule is CCOc1ccc(C(=O)N[C@H]2CC(=O)N(c3ccccc3)C2)cc1. The Labute approximate surface area is 141 Å². The van der Waals surface area contributed by atoms with Crippen molar-refractivity contribution in [3.8, 4) is 5.75 Å². The average Bonchev–Trinajstić information content (AvgIpc) is 2.97. The molecule has 2 aromatic rings. The van der Waals surface area contributed by atoms with Crippen LogP contribution in [0.15, 0.2) is 54.6 Å². The van der Waals surface area contributed by atoms with Gasteiger partial charge < -0.3 is 15.0 Å². The summed E-state index contributed by atoms with van der Waals surface area (Å²) in [6.45, 7) is 2.99. The molecule has 1 atom stereocenters. The van der Waals surface area contributed by atoms with Crippen molar-refractivity contribution in [2.45, 2.75) is 19.4 Å². The maximum absolute atomic E-state index is 12.3. The van der Waals surface area contributed by atoms with Crippen LogP contribution in [0, 0.1) is 0 Å². The maximum atomic E-state index is 12.3. The summed E-state index contributed by atoms with van der Waals surface area (Å²) in [5, 5.41) is 2.93. The Kier molecular flexibility index (Phi) is 4.79. The van der Waals surface area contributed by atoms with Crippen LogP contribution in [-0.4, -0.2) is 31.0 Å². The Bertz CT molecular complexity index is 713. The molecule has 5 nitrogen and oxygen atoms in total. The molecular formula is C19H20N2O3. The van der Waals surface area contributed by atoms with Crippen molar-refractivity contribution < 1.29 is 14.3 Å². The van der Waals surface area contributed by atoms with Gasteiger partial charge in [-0.15, -0.1) is 0 Å². The van der Waals surface area contributed by atoms with Crippen LogP contribution in [0.5, 0.6) is 5.75 Å². The summed E-state index contributed by atoms with van der Waals surface area (Å²) < 4.78 is 5.37. The van der Waals surface area contributed by atoms with Crippen LogP contribution in [0.4, 0.5) is 5.69 Å². The quantitative estimate of drug-likeness (QED) is 0.920. The Morgan fingerprint density at radius 2 is 1.88 bits per heavy atom. The Morgan fingerprint density at radius 1 is 1.17 bits per heavy atom. The lowest BCUT2D eigenvalue weighted by Gasteiger charge is -2.17. The molecule has 2 amide bonds. The molecule has 5 heteroatoms. The minimum Gasteiger partial charge on any atom is -0.494 e. The molecule has 1 saturated heterocycles. The second-order valence-corrected chi connectivity index (χ2v) is 5.67. The number of hydrogen-bond acceptors (Lipinski definition) is 3. The van der Waals surface area contributed by atoms with E-state index in [2.05, 4.69) is 5.32 Å². The lowest BCUT2D eigenvalue weighted by molar-refractivity contribution is -0.117. The summed E-state index contributed by atoms with van der Waals surface area (Å²) in [4.78, 5) is 26.2. The van der Waals surface area contributed by atoms with Gasteiger partial charge in [0.2, 0.25) is 5.91 Å². The molecule has 0 aliphatic carbocycles. The number of anilines is 1. The van der Waals surface area contributed by atoms with E-state index in [0.29, 0.717) is 25.1 Å². The Hall–Kier alpha value is -2.82. The van der Waals surface area contributed by atoms with Gasteiger partial charge in [0.1, 0.15) is 5.75 Å². The third-order valence-electron chi connectivity index (χ3n) is 3.96. The van der Waals surface area contributed by atoms with Crippen molar-refractivity contribution in [3.63, 3.8) is 0 Å². The van der Waals surface area contributed by atoms with Crippen molar-refractivity contribution in [1.29, 1.82) is 0 Å². The highest BCUT2D eigenvalue weighted by molar-refractivity contribution is 5.98. The zero-order valence-corrected chi connectivity index (χ0v) is 13.6. The first-order chi connectivity index (χ1) is 11.7. The van der Waals surface area contributed by atoms with E-state index < -0.39 is 0 Å². The molecule has 1 aliphatic heterocycles. The highest BCUT2D eigenvalue weighted by Gasteiger charge is 2.31. The number of carbonyl (C=O) groups is 2. The van der Waals surface area contributed by atoms with Gasteiger partial charge in [-0.1, -0.05) is 18.2 Å². The van der Waals surface area contributed by atoms with E-state index >= 15 is 0 Å². The van der Waals surface area contributed by atoms with E-state index in [4.69, 9.17) is 4.74 Å². The minimum atomic E-state index is -0.184. The molecule has 1 aliphatic rings. The molecule has 0 radical (unpaired) electrons. The van der Waals surface area contributed by atoms with Gasteiger partial charge in [-0.3, -0.25) is 9.59 Å². The van der Waals surface area contributed by atoms with Crippen LogP contribution in [0.1, 0.15) is 23.7 Å². The normalized spacial score (nSPS) is 17.0. The third kappa shape index (κ3) is 3.56. The predicted octanol–water partition coefficient (Wildman–Crippen LogP) is 2.62. The smallest absolute Gasteiger partial charge is 0.251 e. The van der Waals surface area contributed by atoms with Gasteiger partial charge in [-0.05, 0) is 43.3 Å². The summed E-state index contributed by atoms with van der Waals surface area (Å²) >= 11 is 0. The number of carbonyl (C=O) groups excluding carboxylic acids is 2. The third-order valence-corrected chi connectivity index (χ3v) is 3.96. The van der Waals surface area contributed by atoms with Crippen molar-refractivity contribution in [3.05, 3.63) is 60.2 Å². The van der Waals surface area contributed by atoms with Crippen molar-refractivity contribution in [2.75, 3.05) is 18.1 Å². The molecule has 0 bridgehead atoms. The molecule has 0 unspecified atom stereocenters. The van der Waals surface area contributed by atoms with Crippen LogP contribution < -0.4 is 15.0 Å². The lowest BCUT2D eigenvalue weighted by Crippen LogP contribution is -2.37. The van der Waals surface area contributed by atoms with E-state index in [1.165, 1.54) is 0 Å². The second kappa shape index (κ2) is 7.17. The summed E-state index contributed by atoms with van der Waals surface area (Å²) in [6, 6.07) is 16.3. The molecular weight excluding hydrogens is 304 g/mol. The van der Waals surface area contributed by atoms with Crippen LogP contribution in [0.3, 0.4) is 0 Å². The monoisotopic (exact) mass is 324 g/mol. The number of hydrogen-bond donors (Lipinski definition) is 1. The topological polar surface area (TPSA) is 58.6 Å². The van der Waals surface area contributed by atoms with Crippen LogP contribution in [0.2, 0.25) is 0 Å². The molecule has 1 heterocycles. The summed E-state index contributed by atoms with van der Waals surface area (Å²) in [5.41, 5.74) is 1.42. The number of rotatable bonds is 5.